The van der Waals surface area contributed by atoms with Gasteiger partial charge in [0, 0.05) is 12.1 Å². The number of nitro benzene ring substituents is 1. The van der Waals surface area contributed by atoms with Crippen molar-refractivity contribution in [3.63, 3.8) is 0 Å². The molecule has 0 radical (unpaired) electrons. The van der Waals surface area contributed by atoms with Crippen LogP contribution in [0.4, 0.5) is 5.69 Å². The smallest absolute Gasteiger partial charge is 0.331 e. The number of esters is 1. The Hall–Kier alpha value is -1.74. The van der Waals surface area contributed by atoms with Gasteiger partial charge in [0.25, 0.3) is 5.69 Å². The van der Waals surface area contributed by atoms with Gasteiger partial charge in [-0.1, -0.05) is 6.92 Å². The maximum Gasteiger partial charge on any atom is 0.331 e. The zero-order chi connectivity index (χ0) is 18.2. The Balaban J connectivity index is 1.70. The van der Waals surface area contributed by atoms with Crippen molar-refractivity contribution in [3.05, 3.63) is 39.9 Å². The van der Waals surface area contributed by atoms with E-state index in [1.807, 2.05) is 13.2 Å². The quantitative estimate of drug-likeness (QED) is 0.323. The highest BCUT2D eigenvalue weighted by molar-refractivity contribution is 8.18. The molecule has 1 aromatic rings. The first-order chi connectivity index (χ1) is 11.9. The predicted octanol–water partition coefficient (Wildman–Crippen LogP) is 2.78. The second-order valence-corrected chi connectivity index (χ2v) is 8.78. The molecule has 3 atom stereocenters. The molecule has 2 heterocycles. The van der Waals surface area contributed by atoms with E-state index in [1.165, 1.54) is 12.1 Å². The van der Waals surface area contributed by atoms with Gasteiger partial charge in [-0.15, -0.1) is 23.5 Å². The summed E-state index contributed by atoms with van der Waals surface area (Å²) in [5.41, 5.74) is 0.658. The van der Waals surface area contributed by atoms with E-state index in [0.717, 1.165) is 6.42 Å². The van der Waals surface area contributed by atoms with Crippen molar-refractivity contribution < 1.29 is 19.2 Å². The van der Waals surface area contributed by atoms with Gasteiger partial charge in [0.05, 0.1) is 20.8 Å². The van der Waals surface area contributed by atoms with Gasteiger partial charge in [-0.3, -0.25) is 14.9 Å². The summed E-state index contributed by atoms with van der Waals surface area (Å²) in [5, 5.41) is 10.7. The number of carbonyl (C=O) groups is 2. The molecule has 0 bridgehead atoms. The molecule has 1 aromatic carbocycles. The van der Waals surface area contributed by atoms with Crippen LogP contribution in [0.15, 0.2) is 24.3 Å². The van der Waals surface area contributed by atoms with Crippen LogP contribution in [0, 0.1) is 10.1 Å². The summed E-state index contributed by atoms with van der Waals surface area (Å²) >= 11 is 3.25. The lowest BCUT2D eigenvalue weighted by Gasteiger charge is -2.38. The molecule has 9 heteroatoms. The van der Waals surface area contributed by atoms with Crippen molar-refractivity contribution >= 4 is 41.1 Å². The number of thioether (sulfide) groups is 2. The molecule has 0 aromatic heterocycles. The summed E-state index contributed by atoms with van der Waals surface area (Å²) in [5.74, 6) is -0.434. The fourth-order valence-corrected chi connectivity index (χ4v) is 6.12. The summed E-state index contributed by atoms with van der Waals surface area (Å²) in [4.78, 5) is 36.5. The molecular weight excluding hydrogens is 364 g/mol. The van der Waals surface area contributed by atoms with Crippen LogP contribution in [0.5, 0.6) is 0 Å². The molecule has 0 N–H and O–H groups in total. The summed E-state index contributed by atoms with van der Waals surface area (Å²) in [7, 11) is 0. The Morgan fingerprint density at radius 3 is 2.68 bits per heavy atom. The number of carbonyl (C=O) groups excluding carboxylic acids is 2. The number of rotatable bonds is 6. The van der Waals surface area contributed by atoms with Crippen LogP contribution in [0.1, 0.15) is 25.3 Å². The third kappa shape index (κ3) is 3.10. The topological polar surface area (TPSA) is 89.8 Å². The molecule has 7 nitrogen and oxygen atoms in total. The Labute approximate surface area is 153 Å². The maximum absolute atomic E-state index is 12.7. The lowest BCUT2D eigenvalue weighted by Crippen LogP contribution is -2.57. The second-order valence-electron chi connectivity index (χ2n) is 5.88. The third-order valence-corrected chi connectivity index (χ3v) is 8.14. The number of nitro groups is 1. The van der Waals surface area contributed by atoms with Crippen molar-refractivity contribution in [2.75, 3.05) is 6.26 Å². The van der Waals surface area contributed by atoms with Crippen LogP contribution in [-0.2, 0) is 20.9 Å². The number of hydrogen-bond donors (Lipinski definition) is 0. The lowest BCUT2D eigenvalue weighted by atomic mass is 10.0. The average molecular weight is 382 g/mol. The zero-order valence-electron chi connectivity index (χ0n) is 13.8. The first kappa shape index (κ1) is 18.1. The number of nitrogens with zero attached hydrogens (tertiary/aromatic N) is 2. The van der Waals surface area contributed by atoms with E-state index < -0.39 is 16.9 Å². The van der Waals surface area contributed by atoms with Crippen LogP contribution in [0.3, 0.4) is 0 Å². The number of non-ortho nitro benzene ring substituents is 1. The van der Waals surface area contributed by atoms with E-state index in [0.29, 0.717) is 12.0 Å². The van der Waals surface area contributed by atoms with Gasteiger partial charge in [0.2, 0.25) is 5.91 Å². The number of fused-ring (bicyclic) bond motifs is 1. The standard InChI is InChI=1S/C16H18N2O5S2/c1-3-16(24-2)14(17-12(19)8-13(17)25-16)15(20)23-9-10-4-6-11(7-5-10)18(21)22/h4-7,13-14H,3,8-9H2,1-2H3/t13-,14+,16?/m1/s1. The number of benzene rings is 1. The van der Waals surface area contributed by atoms with Crippen LogP contribution in [0.2, 0.25) is 0 Å². The van der Waals surface area contributed by atoms with Gasteiger partial charge in [0.15, 0.2) is 6.04 Å². The molecule has 0 saturated carbocycles. The molecule has 0 spiro atoms. The van der Waals surface area contributed by atoms with E-state index in [-0.39, 0.29) is 27.7 Å². The Bertz CT molecular complexity index is 705. The average Bonchev–Trinajstić information content (AvgIpc) is 2.89. The number of β-lactam (4-membered cyclic amide) rings is 1. The van der Waals surface area contributed by atoms with Gasteiger partial charge >= 0.3 is 5.97 Å². The van der Waals surface area contributed by atoms with Crippen LogP contribution in [0.25, 0.3) is 0 Å². The zero-order valence-corrected chi connectivity index (χ0v) is 15.5. The van der Waals surface area contributed by atoms with Gasteiger partial charge < -0.3 is 9.64 Å². The largest absolute Gasteiger partial charge is 0.459 e. The summed E-state index contributed by atoms with van der Waals surface area (Å²) in [6, 6.07) is 5.29. The molecular formula is C16H18N2O5S2. The minimum absolute atomic E-state index is 0.0105. The molecule has 2 aliphatic rings. The summed E-state index contributed by atoms with van der Waals surface area (Å²) in [6.07, 6.45) is 3.17. The minimum atomic E-state index is -0.596. The first-order valence-electron chi connectivity index (χ1n) is 7.86. The van der Waals surface area contributed by atoms with Gasteiger partial charge in [-0.25, -0.2) is 4.79 Å². The molecule has 1 amide bonds. The molecule has 25 heavy (non-hydrogen) atoms. The van der Waals surface area contributed by atoms with Crippen molar-refractivity contribution in [3.8, 4) is 0 Å². The second kappa shape index (κ2) is 6.87. The Morgan fingerprint density at radius 2 is 2.16 bits per heavy atom. The monoisotopic (exact) mass is 382 g/mol. The van der Waals surface area contributed by atoms with E-state index in [4.69, 9.17) is 4.74 Å². The van der Waals surface area contributed by atoms with Gasteiger partial charge in [-0.05, 0) is 30.4 Å². The Kier molecular flexibility index (Phi) is 4.97. The number of amides is 1. The summed E-state index contributed by atoms with van der Waals surface area (Å²) in [6.45, 7) is 2.04. The fraction of sp³-hybridized carbons (Fsp3) is 0.500. The molecule has 2 fully saturated rings. The molecule has 2 aliphatic heterocycles. The highest BCUT2D eigenvalue weighted by Crippen LogP contribution is 2.57. The predicted molar refractivity (Wildman–Crippen MR) is 96.1 cm³/mol. The van der Waals surface area contributed by atoms with Crippen LogP contribution >= 0.6 is 23.5 Å². The van der Waals surface area contributed by atoms with E-state index in [2.05, 4.69) is 0 Å². The highest BCUT2D eigenvalue weighted by Gasteiger charge is 2.62. The molecule has 1 unspecified atom stereocenters. The van der Waals surface area contributed by atoms with Crippen molar-refractivity contribution in [2.24, 2.45) is 0 Å². The van der Waals surface area contributed by atoms with Crippen molar-refractivity contribution in [1.29, 1.82) is 0 Å². The molecule has 0 aliphatic carbocycles. The minimum Gasteiger partial charge on any atom is -0.459 e. The molecule has 3 rings (SSSR count). The molecule has 2 saturated heterocycles. The summed E-state index contributed by atoms with van der Waals surface area (Å²) < 4.78 is 5.06. The fourth-order valence-electron chi connectivity index (χ4n) is 3.14. The third-order valence-electron chi connectivity index (χ3n) is 4.57. The van der Waals surface area contributed by atoms with Crippen molar-refractivity contribution in [2.45, 2.75) is 41.9 Å². The normalized spacial score (nSPS) is 27.6. The van der Waals surface area contributed by atoms with Gasteiger partial charge in [0.1, 0.15) is 6.61 Å². The Morgan fingerprint density at radius 1 is 1.48 bits per heavy atom. The van der Waals surface area contributed by atoms with Gasteiger partial charge in [-0.2, -0.15) is 0 Å². The van der Waals surface area contributed by atoms with Crippen LogP contribution in [-0.4, -0.2) is 43.5 Å². The SMILES string of the molecule is CCC1(SC)S[C@@H]2CC(=O)N2[C@H]1C(=O)OCc1ccc([N+](=O)[O-])cc1. The van der Waals surface area contributed by atoms with Crippen molar-refractivity contribution in [1.82, 2.24) is 4.90 Å². The maximum atomic E-state index is 12.7. The lowest BCUT2D eigenvalue weighted by molar-refractivity contribution is -0.384. The van der Waals surface area contributed by atoms with E-state index >= 15 is 0 Å². The number of ether oxygens (including phenoxy) is 1. The molecule has 134 valence electrons. The van der Waals surface area contributed by atoms with E-state index in [9.17, 15) is 19.7 Å². The van der Waals surface area contributed by atoms with Crippen LogP contribution < -0.4 is 0 Å². The van der Waals surface area contributed by atoms with E-state index in [1.54, 1.807) is 40.6 Å². The number of hydrogen-bond acceptors (Lipinski definition) is 7. The first-order valence-corrected chi connectivity index (χ1v) is 9.96. The highest BCUT2D eigenvalue weighted by atomic mass is 32.2.